The normalized spacial score (nSPS) is 10.4. The van der Waals surface area contributed by atoms with Crippen molar-refractivity contribution in [2.75, 3.05) is 0 Å². The number of hydrogen-bond acceptors (Lipinski definition) is 3. The summed E-state index contributed by atoms with van der Waals surface area (Å²) in [6.45, 7) is 0. The summed E-state index contributed by atoms with van der Waals surface area (Å²) in [6, 6.07) is 8.16. The summed E-state index contributed by atoms with van der Waals surface area (Å²) in [4.78, 5) is 13.7. The van der Waals surface area contributed by atoms with Gasteiger partial charge in [0.05, 0.1) is 0 Å². The number of aromatic nitrogens is 1. The number of benzene rings is 1. The lowest BCUT2D eigenvalue weighted by Gasteiger charge is -2.03. The highest BCUT2D eigenvalue weighted by Crippen LogP contribution is 2.05. The van der Waals surface area contributed by atoms with Gasteiger partial charge in [-0.25, -0.2) is 0 Å². The Labute approximate surface area is 80.0 Å². The maximum absolute atomic E-state index is 11.1. The van der Waals surface area contributed by atoms with E-state index in [-0.39, 0.29) is 11.0 Å². The van der Waals surface area contributed by atoms with Crippen molar-refractivity contribution < 1.29 is 10.0 Å². The number of nitrogens with one attached hydrogen (secondary N) is 1. The van der Waals surface area contributed by atoms with Crippen LogP contribution in [0, 0.1) is 0 Å². The van der Waals surface area contributed by atoms with Gasteiger partial charge in [-0.15, -0.1) is 0 Å². The van der Waals surface area contributed by atoms with E-state index in [0.717, 1.165) is 0 Å². The summed E-state index contributed by atoms with van der Waals surface area (Å²) >= 11 is 0. The topological polar surface area (TPSA) is 73.3 Å². The number of para-hydroxylation sites is 1. The lowest BCUT2D eigenvalue weighted by atomic mass is 9.78. The van der Waals surface area contributed by atoms with Crippen molar-refractivity contribution in [1.82, 2.24) is 4.98 Å². The molecule has 0 aliphatic rings. The molecular weight excluding hydrogens is 181 g/mol. The molecule has 5 heteroatoms. The minimum absolute atomic E-state index is 0.226. The third kappa shape index (κ3) is 1.43. The Morgan fingerprint density at radius 1 is 1.21 bits per heavy atom. The molecule has 1 aromatic heterocycles. The minimum Gasteiger partial charge on any atom is -0.423 e. The van der Waals surface area contributed by atoms with E-state index in [0.29, 0.717) is 10.9 Å². The van der Waals surface area contributed by atoms with E-state index in [2.05, 4.69) is 4.98 Å². The second-order valence-corrected chi connectivity index (χ2v) is 3.01. The van der Waals surface area contributed by atoms with Crippen LogP contribution in [0.25, 0.3) is 10.9 Å². The molecule has 2 aromatic rings. The molecule has 0 amide bonds. The molecular formula is C9H8BNO3. The molecule has 3 N–H and O–H groups in total. The fourth-order valence-electron chi connectivity index (χ4n) is 1.45. The highest BCUT2D eigenvalue weighted by molar-refractivity contribution is 6.61. The first-order valence-electron chi connectivity index (χ1n) is 4.16. The monoisotopic (exact) mass is 189 g/mol. The molecule has 4 nitrogen and oxygen atoms in total. The van der Waals surface area contributed by atoms with Crippen LogP contribution < -0.4 is 11.0 Å². The predicted molar refractivity (Wildman–Crippen MR) is 54.4 cm³/mol. The van der Waals surface area contributed by atoms with E-state index in [1.807, 2.05) is 0 Å². The van der Waals surface area contributed by atoms with Gasteiger partial charge in [-0.3, -0.25) is 4.79 Å². The van der Waals surface area contributed by atoms with Crippen molar-refractivity contribution >= 4 is 23.5 Å². The summed E-state index contributed by atoms with van der Waals surface area (Å²) in [5.74, 6) is 0. The molecule has 0 saturated heterocycles. The van der Waals surface area contributed by atoms with Crippen LogP contribution in [0.2, 0.25) is 0 Å². The fourth-order valence-corrected chi connectivity index (χ4v) is 1.45. The van der Waals surface area contributed by atoms with Crippen LogP contribution in [0.1, 0.15) is 0 Å². The number of hydrogen-bond donors (Lipinski definition) is 3. The van der Waals surface area contributed by atoms with Crippen molar-refractivity contribution in [1.29, 1.82) is 0 Å². The number of H-pyrrole nitrogens is 1. The van der Waals surface area contributed by atoms with Gasteiger partial charge in [-0.2, -0.15) is 0 Å². The minimum atomic E-state index is -1.62. The maximum Gasteiger partial charge on any atom is 0.489 e. The highest BCUT2D eigenvalue weighted by atomic mass is 16.4. The maximum atomic E-state index is 11.1. The molecule has 0 spiro atoms. The first-order valence-corrected chi connectivity index (χ1v) is 4.16. The summed E-state index contributed by atoms with van der Waals surface area (Å²) < 4.78 is 0. The van der Waals surface area contributed by atoms with Crippen molar-refractivity contribution in [3.63, 3.8) is 0 Å². The lowest BCUT2D eigenvalue weighted by Crippen LogP contribution is -2.33. The van der Waals surface area contributed by atoms with Crippen LogP contribution in [0.5, 0.6) is 0 Å². The summed E-state index contributed by atoms with van der Waals surface area (Å²) in [6.07, 6.45) is 0. The fraction of sp³-hybridized carbons (Fsp3) is 0. The average molecular weight is 189 g/mol. The van der Waals surface area contributed by atoms with Crippen LogP contribution in [-0.2, 0) is 0 Å². The van der Waals surface area contributed by atoms with Gasteiger partial charge in [0.25, 0.3) is 0 Å². The molecule has 14 heavy (non-hydrogen) atoms. The van der Waals surface area contributed by atoms with Crippen LogP contribution >= 0.6 is 0 Å². The smallest absolute Gasteiger partial charge is 0.423 e. The Hall–Kier alpha value is -1.59. The highest BCUT2D eigenvalue weighted by Gasteiger charge is 2.15. The second-order valence-electron chi connectivity index (χ2n) is 3.01. The predicted octanol–water partition coefficient (Wildman–Crippen LogP) is -0.792. The van der Waals surface area contributed by atoms with E-state index in [1.54, 1.807) is 24.3 Å². The summed E-state index contributed by atoms with van der Waals surface area (Å²) in [5.41, 5.74) is 0.485. The van der Waals surface area contributed by atoms with Crippen LogP contribution in [-0.4, -0.2) is 22.2 Å². The Morgan fingerprint density at radius 2 is 1.93 bits per heavy atom. The molecule has 0 aliphatic heterocycles. The van der Waals surface area contributed by atoms with E-state index < -0.39 is 7.12 Å². The SMILES string of the molecule is O=c1cc(B(O)O)c2ccccc2[nH]1. The number of aromatic amines is 1. The average Bonchev–Trinajstić information content (AvgIpc) is 2.16. The molecule has 2 rings (SSSR count). The molecule has 0 bridgehead atoms. The first kappa shape index (κ1) is 8.99. The number of fused-ring (bicyclic) bond motifs is 1. The molecule has 0 aliphatic carbocycles. The molecule has 1 heterocycles. The molecule has 70 valence electrons. The Bertz CT molecular complexity index is 521. The van der Waals surface area contributed by atoms with Crippen LogP contribution in [0.4, 0.5) is 0 Å². The lowest BCUT2D eigenvalue weighted by molar-refractivity contribution is 0.426. The van der Waals surface area contributed by atoms with Crippen molar-refractivity contribution in [3.05, 3.63) is 40.7 Å². The number of rotatable bonds is 1. The van der Waals surface area contributed by atoms with E-state index in [1.165, 1.54) is 6.07 Å². The zero-order valence-corrected chi connectivity index (χ0v) is 7.27. The molecule has 0 unspecified atom stereocenters. The van der Waals surface area contributed by atoms with Gasteiger partial charge in [0, 0.05) is 11.6 Å². The van der Waals surface area contributed by atoms with Crippen molar-refractivity contribution in [2.24, 2.45) is 0 Å². The van der Waals surface area contributed by atoms with Gasteiger partial charge in [-0.1, -0.05) is 18.2 Å². The molecule has 0 saturated carbocycles. The van der Waals surface area contributed by atoms with Gasteiger partial charge in [-0.05, 0) is 16.9 Å². The van der Waals surface area contributed by atoms with Gasteiger partial charge in [0.1, 0.15) is 0 Å². The molecule has 0 radical (unpaired) electrons. The van der Waals surface area contributed by atoms with Gasteiger partial charge in [0.2, 0.25) is 5.56 Å². The Morgan fingerprint density at radius 3 is 2.64 bits per heavy atom. The molecule has 0 atom stereocenters. The van der Waals surface area contributed by atoms with E-state index in [4.69, 9.17) is 10.0 Å². The first-order chi connectivity index (χ1) is 6.68. The third-order valence-electron chi connectivity index (χ3n) is 2.06. The molecule has 0 fully saturated rings. The van der Waals surface area contributed by atoms with E-state index in [9.17, 15) is 4.79 Å². The standard InChI is InChI=1S/C9H8BNO3/c12-9-5-7(10(13)14)6-3-1-2-4-8(6)11-9/h1-5,13-14H,(H,11,12). The van der Waals surface area contributed by atoms with Crippen molar-refractivity contribution in [2.45, 2.75) is 0 Å². The Kier molecular flexibility index (Phi) is 2.11. The van der Waals surface area contributed by atoms with Gasteiger partial charge < -0.3 is 15.0 Å². The molecule has 1 aromatic carbocycles. The van der Waals surface area contributed by atoms with Crippen molar-refractivity contribution in [3.8, 4) is 0 Å². The Balaban J connectivity index is 2.87. The van der Waals surface area contributed by atoms with Gasteiger partial charge in [0.15, 0.2) is 0 Å². The van der Waals surface area contributed by atoms with Crippen LogP contribution in [0.15, 0.2) is 35.1 Å². The summed E-state index contributed by atoms with van der Waals surface area (Å²) in [7, 11) is -1.62. The van der Waals surface area contributed by atoms with Crippen LogP contribution in [0.3, 0.4) is 0 Å². The summed E-state index contributed by atoms with van der Waals surface area (Å²) in [5, 5.41) is 18.7. The quantitative estimate of drug-likeness (QED) is 0.514. The third-order valence-corrected chi connectivity index (χ3v) is 2.06. The largest absolute Gasteiger partial charge is 0.489 e. The zero-order chi connectivity index (χ0) is 10.1. The van der Waals surface area contributed by atoms with Gasteiger partial charge >= 0.3 is 7.12 Å². The zero-order valence-electron chi connectivity index (χ0n) is 7.27. The second kappa shape index (κ2) is 3.28. The number of pyridine rings is 1. The van der Waals surface area contributed by atoms with E-state index >= 15 is 0 Å².